The SMILES string of the molecule is CO[C@@H]1CCN(C(=O)Cc2ccn(C)n2)C[C@H]1Cc1ccccc1. The second-order valence-electron chi connectivity index (χ2n) is 6.51. The summed E-state index contributed by atoms with van der Waals surface area (Å²) in [7, 11) is 3.64. The molecule has 1 fully saturated rings. The van der Waals surface area contributed by atoms with Gasteiger partial charge < -0.3 is 9.64 Å². The lowest BCUT2D eigenvalue weighted by Gasteiger charge is -2.38. The van der Waals surface area contributed by atoms with E-state index in [-0.39, 0.29) is 12.0 Å². The topological polar surface area (TPSA) is 47.4 Å². The molecule has 128 valence electrons. The van der Waals surface area contributed by atoms with Crippen molar-refractivity contribution in [2.24, 2.45) is 13.0 Å². The maximum Gasteiger partial charge on any atom is 0.228 e. The van der Waals surface area contributed by atoms with Gasteiger partial charge in [0.2, 0.25) is 5.91 Å². The van der Waals surface area contributed by atoms with Gasteiger partial charge in [0.25, 0.3) is 0 Å². The average molecular weight is 327 g/mol. The Morgan fingerprint density at radius 3 is 2.75 bits per heavy atom. The van der Waals surface area contributed by atoms with Crippen molar-refractivity contribution in [1.82, 2.24) is 14.7 Å². The summed E-state index contributed by atoms with van der Waals surface area (Å²) < 4.78 is 7.41. The number of carbonyl (C=O) groups is 1. The summed E-state index contributed by atoms with van der Waals surface area (Å²) in [5.41, 5.74) is 2.12. The first-order valence-corrected chi connectivity index (χ1v) is 8.48. The molecule has 0 radical (unpaired) electrons. The largest absolute Gasteiger partial charge is 0.381 e. The Balaban J connectivity index is 1.64. The number of piperidine rings is 1. The quantitative estimate of drug-likeness (QED) is 0.845. The zero-order valence-electron chi connectivity index (χ0n) is 14.4. The fourth-order valence-corrected chi connectivity index (χ4v) is 3.48. The number of amides is 1. The average Bonchev–Trinajstić information content (AvgIpc) is 3.00. The number of ether oxygens (including phenoxy) is 1. The van der Waals surface area contributed by atoms with Crippen LogP contribution in [-0.2, 0) is 29.4 Å². The fourth-order valence-electron chi connectivity index (χ4n) is 3.48. The minimum Gasteiger partial charge on any atom is -0.381 e. The van der Waals surface area contributed by atoms with Crippen LogP contribution in [0.1, 0.15) is 17.7 Å². The van der Waals surface area contributed by atoms with E-state index in [4.69, 9.17) is 4.74 Å². The molecule has 0 bridgehead atoms. The summed E-state index contributed by atoms with van der Waals surface area (Å²) in [5.74, 6) is 0.486. The van der Waals surface area contributed by atoms with Gasteiger partial charge in [-0.15, -0.1) is 0 Å². The van der Waals surface area contributed by atoms with E-state index in [9.17, 15) is 4.79 Å². The van der Waals surface area contributed by atoms with Crippen molar-refractivity contribution in [3.8, 4) is 0 Å². The fraction of sp³-hybridized carbons (Fsp3) is 0.474. The highest BCUT2D eigenvalue weighted by molar-refractivity contribution is 5.78. The maximum atomic E-state index is 12.6. The van der Waals surface area contributed by atoms with Gasteiger partial charge in [-0.1, -0.05) is 30.3 Å². The third-order valence-corrected chi connectivity index (χ3v) is 4.76. The molecule has 2 atom stereocenters. The van der Waals surface area contributed by atoms with Crippen molar-refractivity contribution in [2.75, 3.05) is 20.2 Å². The highest BCUT2D eigenvalue weighted by Crippen LogP contribution is 2.24. The number of aromatic nitrogens is 2. The normalized spacial score (nSPS) is 21.0. The van der Waals surface area contributed by atoms with Crippen LogP contribution in [0.25, 0.3) is 0 Å². The lowest BCUT2D eigenvalue weighted by molar-refractivity contribution is -0.134. The minimum atomic E-state index is 0.154. The van der Waals surface area contributed by atoms with Gasteiger partial charge in [0.15, 0.2) is 0 Å². The highest BCUT2D eigenvalue weighted by Gasteiger charge is 2.31. The number of carbonyl (C=O) groups excluding carboxylic acids is 1. The third-order valence-electron chi connectivity index (χ3n) is 4.76. The van der Waals surface area contributed by atoms with Crippen molar-refractivity contribution in [1.29, 1.82) is 0 Å². The Morgan fingerprint density at radius 2 is 2.08 bits per heavy atom. The van der Waals surface area contributed by atoms with Gasteiger partial charge in [-0.25, -0.2) is 0 Å². The molecule has 1 saturated heterocycles. The lowest BCUT2D eigenvalue weighted by atomic mass is 9.88. The second-order valence-corrected chi connectivity index (χ2v) is 6.51. The van der Waals surface area contributed by atoms with Crippen LogP contribution in [0, 0.1) is 5.92 Å². The predicted molar refractivity (Wildman–Crippen MR) is 92.5 cm³/mol. The number of rotatable bonds is 5. The number of benzene rings is 1. The van der Waals surface area contributed by atoms with E-state index in [1.54, 1.807) is 11.8 Å². The van der Waals surface area contributed by atoms with Gasteiger partial charge in [-0.05, 0) is 24.5 Å². The van der Waals surface area contributed by atoms with Crippen LogP contribution in [0.15, 0.2) is 42.6 Å². The van der Waals surface area contributed by atoms with E-state index in [0.29, 0.717) is 12.3 Å². The Bertz CT molecular complexity index is 668. The third kappa shape index (κ3) is 4.03. The molecule has 1 aliphatic rings. The molecule has 3 rings (SSSR count). The lowest BCUT2D eigenvalue weighted by Crippen LogP contribution is -2.47. The van der Waals surface area contributed by atoms with E-state index < -0.39 is 0 Å². The number of methoxy groups -OCH3 is 1. The van der Waals surface area contributed by atoms with E-state index in [1.807, 2.05) is 30.3 Å². The summed E-state index contributed by atoms with van der Waals surface area (Å²) in [6.45, 7) is 1.51. The first-order valence-electron chi connectivity index (χ1n) is 8.48. The van der Waals surface area contributed by atoms with Crippen LogP contribution in [0.4, 0.5) is 0 Å². The van der Waals surface area contributed by atoms with Crippen molar-refractivity contribution < 1.29 is 9.53 Å². The van der Waals surface area contributed by atoms with Gasteiger partial charge in [0.05, 0.1) is 18.2 Å². The monoisotopic (exact) mass is 327 g/mol. The maximum absolute atomic E-state index is 12.6. The molecule has 0 N–H and O–H groups in total. The van der Waals surface area contributed by atoms with Crippen molar-refractivity contribution >= 4 is 5.91 Å². The molecule has 1 amide bonds. The van der Waals surface area contributed by atoms with Crippen LogP contribution >= 0.6 is 0 Å². The highest BCUT2D eigenvalue weighted by atomic mass is 16.5. The standard InChI is InChI=1S/C19H25N3O2/c1-21-10-8-17(20-21)13-19(23)22-11-9-18(24-2)16(14-22)12-15-6-4-3-5-7-15/h3-8,10,16,18H,9,11-14H2,1-2H3/t16-,18-/m1/s1. The Morgan fingerprint density at radius 1 is 1.29 bits per heavy atom. The van der Waals surface area contributed by atoms with Gasteiger partial charge in [-0.2, -0.15) is 5.10 Å². The molecule has 0 spiro atoms. The van der Waals surface area contributed by atoms with E-state index in [2.05, 4.69) is 29.4 Å². The van der Waals surface area contributed by atoms with Crippen molar-refractivity contribution in [3.05, 3.63) is 53.9 Å². The van der Waals surface area contributed by atoms with Crippen LogP contribution < -0.4 is 0 Å². The Hall–Kier alpha value is -2.14. The van der Waals surface area contributed by atoms with E-state index >= 15 is 0 Å². The summed E-state index contributed by atoms with van der Waals surface area (Å²) >= 11 is 0. The zero-order valence-corrected chi connectivity index (χ0v) is 14.4. The molecule has 2 aromatic rings. The summed E-state index contributed by atoms with van der Waals surface area (Å²) in [5, 5.41) is 4.31. The Labute approximate surface area is 143 Å². The van der Waals surface area contributed by atoms with Crippen LogP contribution in [-0.4, -0.2) is 46.9 Å². The predicted octanol–water partition coefficient (Wildman–Crippen LogP) is 2.07. The van der Waals surface area contributed by atoms with Gasteiger partial charge >= 0.3 is 0 Å². The van der Waals surface area contributed by atoms with Gasteiger partial charge in [0.1, 0.15) is 0 Å². The molecule has 1 aromatic carbocycles. The summed E-state index contributed by atoms with van der Waals surface area (Å²) in [6.07, 6.45) is 4.28. The Kier molecular flexibility index (Phi) is 5.30. The molecule has 0 unspecified atom stereocenters. The molecule has 1 aromatic heterocycles. The first kappa shape index (κ1) is 16.7. The van der Waals surface area contributed by atoms with Crippen LogP contribution in [0.2, 0.25) is 0 Å². The second kappa shape index (κ2) is 7.62. The van der Waals surface area contributed by atoms with Crippen LogP contribution in [0.5, 0.6) is 0 Å². The number of hydrogen-bond acceptors (Lipinski definition) is 3. The smallest absolute Gasteiger partial charge is 0.228 e. The molecule has 5 heteroatoms. The molecule has 5 nitrogen and oxygen atoms in total. The summed E-state index contributed by atoms with van der Waals surface area (Å²) in [4.78, 5) is 14.6. The number of nitrogens with zero attached hydrogens (tertiary/aromatic N) is 3. The zero-order chi connectivity index (χ0) is 16.9. The van der Waals surface area contributed by atoms with Crippen molar-refractivity contribution in [2.45, 2.75) is 25.4 Å². The number of aryl methyl sites for hydroxylation is 1. The molecule has 24 heavy (non-hydrogen) atoms. The number of likely N-dealkylation sites (tertiary alicyclic amines) is 1. The van der Waals surface area contributed by atoms with Gasteiger partial charge in [0, 0.05) is 39.4 Å². The number of hydrogen-bond donors (Lipinski definition) is 0. The molecule has 2 heterocycles. The van der Waals surface area contributed by atoms with Gasteiger partial charge in [-0.3, -0.25) is 9.48 Å². The van der Waals surface area contributed by atoms with Crippen LogP contribution in [0.3, 0.4) is 0 Å². The van der Waals surface area contributed by atoms with Crippen molar-refractivity contribution in [3.63, 3.8) is 0 Å². The molecule has 0 aliphatic carbocycles. The minimum absolute atomic E-state index is 0.154. The molecular weight excluding hydrogens is 302 g/mol. The summed E-state index contributed by atoms with van der Waals surface area (Å²) in [6, 6.07) is 12.3. The van der Waals surface area contributed by atoms with E-state index in [0.717, 1.165) is 31.6 Å². The molecule has 1 aliphatic heterocycles. The molecule has 0 saturated carbocycles. The first-order chi connectivity index (χ1) is 11.7. The molecular formula is C19H25N3O2. The van der Waals surface area contributed by atoms with E-state index in [1.165, 1.54) is 5.56 Å².